The smallest absolute Gasteiger partial charge is 0.162 e. The van der Waals surface area contributed by atoms with Crippen LogP contribution in [0.3, 0.4) is 0 Å². The van der Waals surface area contributed by atoms with E-state index >= 15 is 0 Å². The minimum atomic E-state index is 0.226. The molecule has 0 radical (unpaired) electrons. The topological polar surface area (TPSA) is 50.7 Å². The number of phenolic OH excluding ortho intramolecular Hbond substituents is 1. The van der Waals surface area contributed by atoms with E-state index in [2.05, 4.69) is 5.32 Å². The summed E-state index contributed by atoms with van der Waals surface area (Å²) in [5, 5.41) is 13.2. The summed E-state index contributed by atoms with van der Waals surface area (Å²) in [5.74, 6) is 0.748. The van der Waals surface area contributed by atoms with Crippen molar-refractivity contribution in [2.45, 2.75) is 31.9 Å². The van der Waals surface area contributed by atoms with Crippen LogP contribution in [0.1, 0.15) is 24.8 Å². The quantitative estimate of drug-likeness (QED) is 0.760. The third-order valence-electron chi connectivity index (χ3n) is 3.29. The van der Waals surface area contributed by atoms with E-state index in [-0.39, 0.29) is 5.75 Å². The minimum Gasteiger partial charge on any atom is -0.504 e. The zero-order valence-corrected chi connectivity index (χ0v) is 10.8. The van der Waals surface area contributed by atoms with E-state index in [9.17, 15) is 5.11 Å². The zero-order chi connectivity index (χ0) is 12.8. The molecule has 0 spiro atoms. The first-order valence-corrected chi connectivity index (χ1v) is 6.48. The fourth-order valence-electron chi connectivity index (χ4n) is 2.23. The third-order valence-corrected chi connectivity index (χ3v) is 3.29. The van der Waals surface area contributed by atoms with Crippen LogP contribution in [0.2, 0.25) is 0 Å². The van der Waals surface area contributed by atoms with Crippen LogP contribution >= 0.6 is 0 Å². The van der Waals surface area contributed by atoms with Crippen LogP contribution in [-0.2, 0) is 11.3 Å². The maximum atomic E-state index is 9.91. The summed E-state index contributed by atoms with van der Waals surface area (Å²) < 4.78 is 10.6. The van der Waals surface area contributed by atoms with Crippen LogP contribution in [0.4, 0.5) is 0 Å². The second-order valence-electron chi connectivity index (χ2n) is 4.57. The molecular weight excluding hydrogens is 230 g/mol. The lowest BCUT2D eigenvalue weighted by atomic mass is 10.1. The predicted octanol–water partition coefficient (Wildman–Crippen LogP) is 2.06. The van der Waals surface area contributed by atoms with Gasteiger partial charge in [0.2, 0.25) is 0 Å². The number of phenols is 1. The molecule has 4 nitrogen and oxygen atoms in total. The average Bonchev–Trinajstić information content (AvgIpc) is 2.89. The summed E-state index contributed by atoms with van der Waals surface area (Å²) in [4.78, 5) is 0. The standard InChI is InChI=1S/C14H21NO3/c1-17-13-6-2-4-11(14(13)16)10-15-8-7-12-5-3-9-18-12/h2,4,6,12,15-16H,3,5,7-10H2,1H3. The highest BCUT2D eigenvalue weighted by atomic mass is 16.5. The number of aromatic hydroxyl groups is 1. The molecule has 0 bridgehead atoms. The van der Waals surface area contributed by atoms with Gasteiger partial charge in [-0.3, -0.25) is 0 Å². The van der Waals surface area contributed by atoms with E-state index < -0.39 is 0 Å². The van der Waals surface area contributed by atoms with E-state index in [0.717, 1.165) is 25.1 Å². The van der Waals surface area contributed by atoms with Gasteiger partial charge in [0.1, 0.15) is 0 Å². The highest BCUT2D eigenvalue weighted by Gasteiger charge is 2.14. The Balaban J connectivity index is 1.75. The van der Waals surface area contributed by atoms with Crippen molar-refractivity contribution >= 4 is 0 Å². The highest BCUT2D eigenvalue weighted by Crippen LogP contribution is 2.29. The van der Waals surface area contributed by atoms with Crippen LogP contribution in [0.5, 0.6) is 11.5 Å². The first-order chi connectivity index (χ1) is 8.81. The number of para-hydroxylation sites is 1. The molecule has 1 heterocycles. The Morgan fingerprint density at radius 2 is 2.39 bits per heavy atom. The Morgan fingerprint density at radius 3 is 3.11 bits per heavy atom. The minimum absolute atomic E-state index is 0.226. The molecule has 1 fully saturated rings. The summed E-state index contributed by atoms with van der Waals surface area (Å²) >= 11 is 0. The first-order valence-electron chi connectivity index (χ1n) is 6.48. The lowest BCUT2D eigenvalue weighted by molar-refractivity contribution is 0.104. The maximum absolute atomic E-state index is 9.91. The fraction of sp³-hybridized carbons (Fsp3) is 0.571. The Bertz CT molecular complexity index is 375. The molecule has 1 atom stereocenters. The van der Waals surface area contributed by atoms with E-state index in [1.54, 1.807) is 13.2 Å². The Kier molecular flexibility index (Phi) is 4.84. The van der Waals surface area contributed by atoms with Gasteiger partial charge in [-0.2, -0.15) is 0 Å². The molecule has 1 saturated heterocycles. The van der Waals surface area contributed by atoms with Crippen LogP contribution in [-0.4, -0.2) is 31.5 Å². The average molecular weight is 251 g/mol. The first kappa shape index (κ1) is 13.2. The van der Waals surface area contributed by atoms with Crippen molar-refractivity contribution < 1.29 is 14.6 Å². The number of nitrogens with one attached hydrogen (secondary N) is 1. The van der Waals surface area contributed by atoms with Gasteiger partial charge in [-0.05, 0) is 31.9 Å². The van der Waals surface area contributed by atoms with Crippen LogP contribution in [0.15, 0.2) is 18.2 Å². The number of benzene rings is 1. The maximum Gasteiger partial charge on any atom is 0.162 e. The summed E-state index contributed by atoms with van der Waals surface area (Å²) in [6, 6.07) is 5.54. The lowest BCUT2D eigenvalue weighted by Gasteiger charge is -2.12. The lowest BCUT2D eigenvalue weighted by Crippen LogP contribution is -2.19. The number of hydrogen-bond acceptors (Lipinski definition) is 4. The molecule has 2 rings (SSSR count). The highest BCUT2D eigenvalue weighted by molar-refractivity contribution is 5.45. The number of rotatable bonds is 6. The van der Waals surface area contributed by atoms with E-state index in [0.29, 0.717) is 18.4 Å². The van der Waals surface area contributed by atoms with Gasteiger partial charge in [0.15, 0.2) is 11.5 Å². The molecule has 0 aliphatic carbocycles. The summed E-state index contributed by atoms with van der Waals surface area (Å²) in [5.41, 5.74) is 0.863. The second kappa shape index (κ2) is 6.61. The Hall–Kier alpha value is -1.26. The normalized spacial score (nSPS) is 19.1. The van der Waals surface area contributed by atoms with Crippen molar-refractivity contribution in [2.75, 3.05) is 20.3 Å². The third kappa shape index (κ3) is 3.37. The Morgan fingerprint density at radius 1 is 1.50 bits per heavy atom. The summed E-state index contributed by atoms with van der Waals surface area (Å²) in [6.45, 7) is 2.46. The van der Waals surface area contributed by atoms with Gasteiger partial charge in [0, 0.05) is 18.7 Å². The van der Waals surface area contributed by atoms with E-state index in [1.807, 2.05) is 12.1 Å². The predicted molar refractivity (Wildman–Crippen MR) is 70.0 cm³/mol. The largest absolute Gasteiger partial charge is 0.504 e. The molecule has 0 amide bonds. The van der Waals surface area contributed by atoms with Crippen LogP contribution in [0, 0.1) is 0 Å². The van der Waals surface area contributed by atoms with Gasteiger partial charge in [-0.1, -0.05) is 12.1 Å². The number of ether oxygens (including phenoxy) is 2. The van der Waals surface area contributed by atoms with E-state index in [4.69, 9.17) is 9.47 Å². The summed E-state index contributed by atoms with van der Waals surface area (Å²) in [6.07, 6.45) is 3.80. The Labute approximate surface area is 108 Å². The molecular formula is C14H21NO3. The molecule has 1 aliphatic rings. The zero-order valence-electron chi connectivity index (χ0n) is 10.8. The molecule has 1 aromatic carbocycles. The van der Waals surface area contributed by atoms with Gasteiger partial charge < -0.3 is 19.9 Å². The van der Waals surface area contributed by atoms with Crippen LogP contribution in [0.25, 0.3) is 0 Å². The van der Waals surface area contributed by atoms with Crippen molar-refractivity contribution in [3.63, 3.8) is 0 Å². The molecule has 1 unspecified atom stereocenters. The van der Waals surface area contributed by atoms with Crippen LogP contribution < -0.4 is 10.1 Å². The molecule has 100 valence electrons. The van der Waals surface area contributed by atoms with Crippen molar-refractivity contribution in [1.29, 1.82) is 0 Å². The van der Waals surface area contributed by atoms with Gasteiger partial charge >= 0.3 is 0 Å². The summed E-state index contributed by atoms with van der Waals surface area (Å²) in [7, 11) is 1.56. The van der Waals surface area contributed by atoms with Gasteiger partial charge in [0.25, 0.3) is 0 Å². The fourth-order valence-corrected chi connectivity index (χ4v) is 2.23. The van der Waals surface area contributed by atoms with E-state index in [1.165, 1.54) is 12.8 Å². The molecule has 0 aromatic heterocycles. The molecule has 2 N–H and O–H groups in total. The number of methoxy groups -OCH3 is 1. The number of hydrogen-bond donors (Lipinski definition) is 2. The van der Waals surface area contributed by atoms with Gasteiger partial charge in [-0.25, -0.2) is 0 Å². The van der Waals surface area contributed by atoms with Crippen molar-refractivity contribution in [2.24, 2.45) is 0 Å². The molecule has 0 saturated carbocycles. The molecule has 1 aliphatic heterocycles. The van der Waals surface area contributed by atoms with Gasteiger partial charge in [-0.15, -0.1) is 0 Å². The molecule has 18 heavy (non-hydrogen) atoms. The SMILES string of the molecule is COc1cccc(CNCCC2CCCO2)c1O. The van der Waals surface area contributed by atoms with Crippen molar-refractivity contribution in [1.82, 2.24) is 5.32 Å². The van der Waals surface area contributed by atoms with Gasteiger partial charge in [0.05, 0.1) is 13.2 Å². The second-order valence-corrected chi connectivity index (χ2v) is 4.57. The van der Waals surface area contributed by atoms with Crippen molar-refractivity contribution in [3.8, 4) is 11.5 Å². The van der Waals surface area contributed by atoms with Crippen molar-refractivity contribution in [3.05, 3.63) is 23.8 Å². The monoisotopic (exact) mass is 251 g/mol. The molecule has 4 heteroatoms. The molecule has 1 aromatic rings.